The first-order valence-corrected chi connectivity index (χ1v) is 32.8. The van der Waals surface area contributed by atoms with E-state index in [1.807, 2.05) is 217 Å². The molecule has 4 aliphatic heterocycles. The Bertz CT molecular complexity index is 6010. The van der Waals surface area contributed by atoms with Gasteiger partial charge in [0.05, 0.1) is 17.3 Å². The molecule has 0 N–H and O–H groups in total. The van der Waals surface area contributed by atoms with Crippen LogP contribution in [0.5, 0.6) is 0 Å². The van der Waals surface area contributed by atoms with Crippen LogP contribution < -0.4 is 14.7 Å². The number of hydrogen-bond donors (Lipinski definition) is 0. The maximum atomic E-state index is 4.81. The van der Waals surface area contributed by atoms with Gasteiger partial charge in [-0.3, -0.25) is 4.99 Å². The molecule has 510 valence electrons. The molecule has 104 heavy (non-hydrogen) atoms. The van der Waals surface area contributed by atoms with Crippen LogP contribution in [0.3, 0.4) is 0 Å². The molecule has 21 heteroatoms. The number of benzene rings is 6. The van der Waals surface area contributed by atoms with Crippen LogP contribution >= 0.6 is 0 Å². The van der Waals surface area contributed by atoms with Crippen LogP contribution in [0.1, 0.15) is 11.6 Å². The number of aliphatic imine (C=N–C) groups is 1. The first-order valence-electron chi connectivity index (χ1n) is 32.8. The number of imidazole rings is 3. The van der Waals surface area contributed by atoms with Gasteiger partial charge in [-0.2, -0.15) is 111 Å². The van der Waals surface area contributed by atoms with Crippen molar-refractivity contribution in [3.05, 3.63) is 338 Å². The molecule has 0 fully saturated rings. The summed E-state index contributed by atoms with van der Waals surface area (Å²) in [5.41, 5.74) is 17.7. The van der Waals surface area contributed by atoms with Crippen LogP contribution in [0, 0.1) is 56.8 Å². The number of pyridine rings is 5. The van der Waals surface area contributed by atoms with Gasteiger partial charge in [0, 0.05) is 86.7 Å². The molecule has 11 aromatic heterocycles. The Hall–Kier alpha value is -11.4. The van der Waals surface area contributed by atoms with E-state index in [0.717, 1.165) is 94.7 Å². The zero-order valence-electron chi connectivity index (χ0n) is 56.3. The Morgan fingerprint density at radius 1 is 0.404 bits per heavy atom. The molecule has 1 unspecified atom stereocenters. The average Bonchev–Trinajstić information content (AvgIpc) is 1.56. The first-order chi connectivity index (χ1) is 49.8. The fourth-order valence-corrected chi connectivity index (χ4v) is 13.4. The van der Waals surface area contributed by atoms with Gasteiger partial charge in [-0.05, 0) is 170 Å². The summed E-state index contributed by atoms with van der Waals surface area (Å²) in [5, 5.41) is 8.31. The van der Waals surface area contributed by atoms with Crippen LogP contribution in [0.4, 0.5) is 22.7 Å². The quantitative estimate of drug-likeness (QED) is 0.123. The maximum absolute atomic E-state index is 4.81. The number of aromatic nitrogens is 11. The van der Waals surface area contributed by atoms with Crippen LogP contribution in [0.15, 0.2) is 280 Å². The maximum Gasteiger partial charge on any atom is 3.00 e. The number of hydrogen-bond acceptors (Lipinski definition) is 13. The third kappa shape index (κ3) is 13.1. The molecule has 0 amide bonds. The van der Waals surface area contributed by atoms with Crippen molar-refractivity contribution < 1.29 is 60.3 Å². The minimum absolute atomic E-state index is 0. The van der Waals surface area contributed by atoms with E-state index in [0.29, 0.717) is 0 Å². The Kier molecular flexibility index (Phi) is 20.3. The smallest absolute Gasteiger partial charge is 0.510 e. The van der Waals surface area contributed by atoms with E-state index in [9.17, 15) is 0 Å². The Labute approximate surface area is 640 Å². The minimum atomic E-state index is 0. The van der Waals surface area contributed by atoms with Crippen molar-refractivity contribution in [2.24, 2.45) is 12.0 Å². The van der Waals surface area contributed by atoms with Crippen molar-refractivity contribution in [1.82, 2.24) is 66.8 Å². The van der Waals surface area contributed by atoms with Crippen molar-refractivity contribution in [2.75, 3.05) is 35.8 Å². The molecule has 0 bridgehead atoms. The fraction of sp³-hybridized carbons (Fsp3) is 0.0602. The van der Waals surface area contributed by atoms with Gasteiger partial charge in [0.15, 0.2) is 0 Å². The second-order valence-electron chi connectivity index (χ2n) is 24.5. The van der Waals surface area contributed by atoms with E-state index in [2.05, 4.69) is 199 Å². The van der Waals surface area contributed by atoms with Crippen molar-refractivity contribution in [3.63, 3.8) is 0 Å². The summed E-state index contributed by atoms with van der Waals surface area (Å²) in [6.45, 7) is 6.02. The van der Waals surface area contributed by atoms with E-state index in [1.54, 1.807) is 25.0 Å². The second-order valence-corrected chi connectivity index (χ2v) is 24.5. The molecule has 6 aromatic carbocycles. The van der Waals surface area contributed by atoms with Gasteiger partial charge in [0.25, 0.3) is 0 Å². The third-order valence-electron chi connectivity index (χ3n) is 18.1. The van der Waals surface area contributed by atoms with Crippen molar-refractivity contribution >= 4 is 127 Å². The van der Waals surface area contributed by atoms with Crippen LogP contribution in [-0.2, 0) is 67.4 Å². The van der Waals surface area contributed by atoms with E-state index in [-0.39, 0.29) is 66.2 Å². The van der Waals surface area contributed by atoms with Gasteiger partial charge >= 0.3 is 60.3 Å². The molecule has 0 radical (unpaired) electrons. The van der Waals surface area contributed by atoms with Gasteiger partial charge in [-0.1, -0.05) is 91.4 Å². The number of anilines is 3. The summed E-state index contributed by atoms with van der Waals surface area (Å²) in [6.07, 6.45) is 42.5. The summed E-state index contributed by atoms with van der Waals surface area (Å²) < 4.78 is 10.6. The molecule has 1 aliphatic carbocycles. The van der Waals surface area contributed by atoms with E-state index >= 15 is 0 Å². The van der Waals surface area contributed by atoms with Gasteiger partial charge in [0.2, 0.25) is 0 Å². The van der Waals surface area contributed by atoms with E-state index in [1.165, 1.54) is 38.0 Å². The van der Waals surface area contributed by atoms with Gasteiger partial charge in [0.1, 0.15) is 5.65 Å². The Balaban J connectivity index is 0.000000107. The molecule has 1 atom stereocenters. The number of aryl methyl sites for hydroxylation is 1. The Morgan fingerprint density at radius 2 is 0.885 bits per heavy atom. The molecular formula is C83H61Ir3N18. The number of para-hydroxylation sites is 4. The molecule has 22 rings (SSSR count). The van der Waals surface area contributed by atoms with Crippen LogP contribution in [0.2, 0.25) is 0 Å². The first kappa shape index (κ1) is 69.7. The SMILES string of the molecule is CN1C=CN(c2[c-]cccc2)[CH-]1.CN1C=CN(c2[c-]cccc2)[CH-]1.CN1C=CN(c2[c-]cccc2)[CH-]1.Cn1c2ccccc2c2cc3c(cc21)c1cccnc1c1[c-]ncn13.[Ir+3].[Ir+3].[Ir+3].[c-]1ncn2c1c1ncccc1n1cc3ccccc3c21.[c-]1ncn2c3c(c4cccnc4c12)N=C1C=CC=CC13. The van der Waals surface area contributed by atoms with Crippen molar-refractivity contribution in [1.29, 1.82) is 0 Å². The van der Waals surface area contributed by atoms with E-state index < -0.39 is 0 Å². The van der Waals surface area contributed by atoms with Crippen molar-refractivity contribution in [2.45, 2.75) is 5.92 Å². The largest absolute Gasteiger partial charge is 3.00 e. The summed E-state index contributed by atoms with van der Waals surface area (Å²) in [6, 6.07) is 66.8. The number of allylic oxidation sites excluding steroid dienone is 4. The predicted molar refractivity (Wildman–Crippen MR) is 403 cm³/mol. The third-order valence-corrected chi connectivity index (χ3v) is 18.1. The summed E-state index contributed by atoms with van der Waals surface area (Å²) in [4.78, 5) is 43.0. The van der Waals surface area contributed by atoms with Gasteiger partial charge in [-0.25, -0.2) is 0 Å². The Morgan fingerprint density at radius 3 is 1.48 bits per heavy atom. The standard InChI is InChI=1S/C21H13N4.2C16H9N4.3C10H10N2.3Ir/c1-24-17-7-3-2-5-13(17)15-10-19-16(9-18(15)24)14-6-4-8-23-21(14)20-11-22-12-25(19)20;1-2-6-12-10(4-1)16-15(19-12)11-5-3-7-18-14(11)13-8-17-9-20(13)16;1-2-5-12-11(4-1)9-19-13-6-3-7-18-15(13)14-8-17-10-20(14)16(12)19;3*1-11-7-8-12(9-11)10-5-3-2-4-6-10;;;/h2-10,12H,1H3;2*1-7,9-10H;3*2-5,7-9H,1H3;;;/q3*-1;3*-2;3*+3. The number of nitrogens with zero attached hydrogens (tertiary/aromatic N) is 18. The fourth-order valence-electron chi connectivity index (χ4n) is 13.4. The predicted octanol–water partition coefficient (Wildman–Crippen LogP) is 16.0. The summed E-state index contributed by atoms with van der Waals surface area (Å²) in [5.74, 6) is 0.199. The summed E-state index contributed by atoms with van der Waals surface area (Å²) in [7, 11) is 8.12. The minimum Gasteiger partial charge on any atom is -0.510 e. The number of fused-ring (bicyclic) bond motifs is 25. The summed E-state index contributed by atoms with van der Waals surface area (Å²) >= 11 is 0. The topological polar surface area (TPSA) is 132 Å². The second kappa shape index (κ2) is 30.3. The van der Waals surface area contributed by atoms with E-state index in [4.69, 9.17) is 4.99 Å². The molecule has 5 aliphatic rings. The molecule has 18 nitrogen and oxygen atoms in total. The van der Waals surface area contributed by atoms with Crippen LogP contribution in [0.25, 0.3) is 98.5 Å². The average molecular weight is 1890 g/mol. The molecule has 0 saturated heterocycles. The molecule has 0 spiro atoms. The van der Waals surface area contributed by atoms with Gasteiger partial charge in [-0.15, -0.1) is 17.1 Å². The monoisotopic (exact) mass is 1890 g/mol. The molecule has 15 heterocycles. The molecule has 17 aromatic rings. The normalized spacial score (nSPS) is 14.4. The van der Waals surface area contributed by atoms with Gasteiger partial charge < -0.3 is 81.5 Å². The zero-order chi connectivity index (χ0) is 67.9. The number of rotatable bonds is 3. The zero-order valence-corrected chi connectivity index (χ0v) is 63.5. The molecular weight excluding hydrogens is 1830 g/mol. The van der Waals surface area contributed by atoms with Crippen molar-refractivity contribution in [3.8, 4) is 0 Å². The molecule has 0 saturated carbocycles. The van der Waals surface area contributed by atoms with Crippen LogP contribution in [-0.4, -0.2) is 93.6 Å².